The number of benzene rings is 3. The van der Waals surface area contributed by atoms with Gasteiger partial charge >= 0.3 is 24.0 Å². The van der Waals surface area contributed by atoms with Crippen LogP contribution in [0.15, 0.2) is 66.7 Å². The molecule has 0 spiro atoms. The summed E-state index contributed by atoms with van der Waals surface area (Å²) in [5.41, 5.74) is 1.27. The van der Waals surface area contributed by atoms with E-state index in [9.17, 15) is 36.3 Å². The van der Waals surface area contributed by atoms with Gasteiger partial charge in [0.2, 0.25) is 5.95 Å². The predicted octanol–water partition coefficient (Wildman–Crippen LogP) is 5.93. The Morgan fingerprint density at radius 2 is 1.53 bits per heavy atom. The number of carbonyl (C=O) groups is 3. The van der Waals surface area contributed by atoms with Gasteiger partial charge in [-0.25, -0.2) is 8.78 Å². The van der Waals surface area contributed by atoms with Crippen LogP contribution in [0.5, 0.6) is 6.01 Å². The first kappa shape index (κ1) is 36.0. The van der Waals surface area contributed by atoms with Crippen molar-refractivity contribution in [2.75, 3.05) is 43.4 Å². The Morgan fingerprint density at radius 1 is 0.868 bits per heavy atom. The smallest absolute Gasteiger partial charge is 0.422 e. The number of carbonyl (C=O) groups excluding carboxylic acids is 3. The van der Waals surface area contributed by atoms with Crippen molar-refractivity contribution < 1.29 is 41.1 Å². The minimum absolute atomic E-state index is 0.0268. The van der Waals surface area contributed by atoms with Crippen molar-refractivity contribution in [3.8, 4) is 6.01 Å². The quantitative estimate of drug-likeness (QED) is 0.159. The van der Waals surface area contributed by atoms with Crippen molar-refractivity contribution in [2.45, 2.75) is 30.9 Å². The van der Waals surface area contributed by atoms with Crippen LogP contribution in [0.25, 0.3) is 0 Å². The molecule has 276 valence electrons. The molecule has 3 amide bonds. The molecule has 1 aromatic heterocycles. The molecule has 3 fully saturated rings. The average molecular weight is 756 g/mol. The highest BCUT2D eigenvalue weighted by atomic mass is 35.5. The number of hydrogen-bond donors (Lipinski definition) is 2. The van der Waals surface area contributed by atoms with E-state index in [0.717, 1.165) is 30.5 Å². The van der Waals surface area contributed by atoms with Gasteiger partial charge < -0.3 is 25.2 Å². The summed E-state index contributed by atoms with van der Waals surface area (Å²) in [5.74, 6) is -3.86. The van der Waals surface area contributed by atoms with E-state index in [-0.39, 0.29) is 53.7 Å². The fraction of sp³-hybridized carbons (Fsp3) is 0.333. The molecule has 3 aromatic carbocycles. The van der Waals surface area contributed by atoms with Crippen molar-refractivity contribution in [3.63, 3.8) is 0 Å². The van der Waals surface area contributed by atoms with Gasteiger partial charge in [0.1, 0.15) is 17.5 Å². The van der Waals surface area contributed by atoms with Crippen LogP contribution >= 0.6 is 11.6 Å². The van der Waals surface area contributed by atoms with Gasteiger partial charge in [-0.2, -0.15) is 28.1 Å². The van der Waals surface area contributed by atoms with Crippen LogP contribution in [-0.4, -0.2) is 81.4 Å². The highest BCUT2D eigenvalue weighted by Crippen LogP contribution is 2.50. The van der Waals surface area contributed by atoms with Crippen molar-refractivity contribution in [1.29, 1.82) is 0 Å². The highest BCUT2D eigenvalue weighted by Gasteiger charge is 2.46. The third kappa shape index (κ3) is 8.32. The van der Waals surface area contributed by atoms with Crippen molar-refractivity contribution in [2.24, 2.45) is 11.8 Å². The van der Waals surface area contributed by atoms with Gasteiger partial charge in [0.25, 0.3) is 5.91 Å². The van der Waals surface area contributed by atoms with E-state index in [0.29, 0.717) is 41.9 Å². The van der Waals surface area contributed by atoms with Crippen molar-refractivity contribution in [1.82, 2.24) is 24.8 Å². The average Bonchev–Trinajstić information content (AvgIpc) is 3.61. The van der Waals surface area contributed by atoms with E-state index >= 15 is 0 Å². The van der Waals surface area contributed by atoms with Gasteiger partial charge in [-0.1, -0.05) is 23.7 Å². The first-order chi connectivity index (χ1) is 25.2. The predicted molar refractivity (Wildman–Crippen MR) is 182 cm³/mol. The van der Waals surface area contributed by atoms with Gasteiger partial charge in [0.15, 0.2) is 6.61 Å². The van der Waals surface area contributed by atoms with E-state index < -0.39 is 42.2 Å². The van der Waals surface area contributed by atoms with Crippen LogP contribution in [0, 0.1) is 23.5 Å². The summed E-state index contributed by atoms with van der Waals surface area (Å²) in [4.78, 5) is 54.4. The number of aromatic nitrogens is 3. The second-order valence-corrected chi connectivity index (χ2v) is 13.9. The molecule has 11 nitrogen and oxygen atoms in total. The van der Waals surface area contributed by atoms with Gasteiger partial charge in [-0.3, -0.25) is 14.4 Å². The SMILES string of the molecule is O=C(Nc1ccc(F)cc1F)C(=O)N1CC2CN(C(=O)c3ccc(Nc4nc(CC5(c6ccc(Cl)cc6)CC5)nc(OCC(F)(F)F)n4)cc3)CC2C1. The van der Waals surface area contributed by atoms with Crippen LogP contribution in [0.4, 0.5) is 39.3 Å². The van der Waals surface area contributed by atoms with Crippen molar-refractivity contribution in [3.05, 3.63) is 100 Å². The minimum atomic E-state index is -4.60. The molecule has 3 heterocycles. The summed E-state index contributed by atoms with van der Waals surface area (Å²) in [6.07, 6.45) is -2.58. The third-order valence-corrected chi connectivity index (χ3v) is 9.91. The van der Waals surface area contributed by atoms with Crippen LogP contribution in [0.2, 0.25) is 5.02 Å². The Balaban J connectivity index is 0.970. The molecule has 2 N–H and O–H groups in total. The molecular formula is C36H31ClF5N7O4. The second kappa shape index (κ2) is 14.2. The van der Waals surface area contributed by atoms with Gasteiger partial charge in [-0.05, 0) is 66.9 Å². The minimum Gasteiger partial charge on any atom is -0.454 e. The number of likely N-dealkylation sites (tertiary alicyclic amines) is 2. The van der Waals surface area contributed by atoms with Gasteiger partial charge in [0.05, 0.1) is 5.69 Å². The molecule has 7 rings (SSSR count). The third-order valence-electron chi connectivity index (χ3n) is 9.66. The van der Waals surface area contributed by atoms with Crippen molar-refractivity contribution >= 4 is 46.6 Å². The lowest BCUT2D eigenvalue weighted by molar-refractivity contribution is -0.154. The molecule has 17 heteroatoms. The Bertz CT molecular complexity index is 2030. The van der Waals surface area contributed by atoms with E-state index in [1.165, 1.54) is 4.90 Å². The van der Waals surface area contributed by atoms with Gasteiger partial charge in [0, 0.05) is 72.2 Å². The fourth-order valence-corrected chi connectivity index (χ4v) is 6.94. The monoisotopic (exact) mass is 755 g/mol. The molecule has 2 aliphatic heterocycles. The Hall–Kier alpha value is -5.38. The fourth-order valence-electron chi connectivity index (χ4n) is 6.81. The number of ether oxygens (including phenoxy) is 1. The molecule has 3 aliphatic rings. The summed E-state index contributed by atoms with van der Waals surface area (Å²) in [6, 6.07) is 15.9. The molecule has 0 radical (unpaired) electrons. The molecule has 53 heavy (non-hydrogen) atoms. The molecule has 4 aromatic rings. The van der Waals surface area contributed by atoms with E-state index in [2.05, 4.69) is 25.6 Å². The van der Waals surface area contributed by atoms with E-state index in [1.807, 2.05) is 12.1 Å². The summed E-state index contributed by atoms with van der Waals surface area (Å²) < 4.78 is 70.9. The topological polar surface area (TPSA) is 130 Å². The Morgan fingerprint density at radius 3 is 2.15 bits per heavy atom. The zero-order valence-electron chi connectivity index (χ0n) is 27.8. The van der Waals surface area contributed by atoms with E-state index in [1.54, 1.807) is 41.3 Å². The summed E-state index contributed by atoms with van der Waals surface area (Å²) in [5, 5.41) is 5.74. The lowest BCUT2D eigenvalue weighted by Crippen LogP contribution is -2.41. The largest absolute Gasteiger partial charge is 0.454 e. The maximum absolute atomic E-state index is 13.9. The molecule has 1 aliphatic carbocycles. The number of halogens is 6. The maximum atomic E-state index is 13.9. The first-order valence-electron chi connectivity index (χ1n) is 16.7. The summed E-state index contributed by atoms with van der Waals surface area (Å²) in [6.45, 7) is -0.395. The van der Waals surface area contributed by atoms with E-state index in [4.69, 9.17) is 16.3 Å². The van der Waals surface area contributed by atoms with Crippen LogP contribution in [0.3, 0.4) is 0 Å². The van der Waals surface area contributed by atoms with Gasteiger partial charge in [-0.15, -0.1) is 0 Å². The molecule has 0 bridgehead atoms. The lowest BCUT2D eigenvalue weighted by Gasteiger charge is -2.22. The number of anilines is 3. The number of alkyl halides is 3. The molecule has 2 atom stereocenters. The highest BCUT2D eigenvalue weighted by molar-refractivity contribution is 6.39. The first-order valence-corrected chi connectivity index (χ1v) is 17.0. The van der Waals surface area contributed by atoms with Crippen LogP contribution in [0.1, 0.15) is 34.6 Å². The number of rotatable bonds is 9. The number of hydrogen-bond acceptors (Lipinski definition) is 8. The number of fused-ring (bicyclic) bond motifs is 1. The summed E-state index contributed by atoms with van der Waals surface area (Å²) >= 11 is 6.05. The molecule has 2 unspecified atom stereocenters. The second-order valence-electron chi connectivity index (χ2n) is 13.4. The molecule has 1 saturated carbocycles. The Kier molecular flexibility index (Phi) is 9.65. The zero-order valence-corrected chi connectivity index (χ0v) is 28.6. The number of nitrogens with zero attached hydrogens (tertiary/aromatic N) is 5. The molecule has 2 saturated heterocycles. The number of amides is 3. The maximum Gasteiger partial charge on any atom is 0.422 e. The molecular weight excluding hydrogens is 725 g/mol. The standard InChI is InChI=1S/C36H31ClF5N7O4/c37-24-5-3-23(4-6-24)35(11-12-35)14-29-45-33(47-34(46-29)53-19-36(40,41)42)43-26-8-1-20(2-9-26)31(51)48-15-21-17-49(18-22(21)16-48)32(52)30(50)44-28-10-7-25(38)13-27(28)39/h1-10,13,21-22H,11-12,14-19H2,(H,44,50)(H,43,45,46,47). The van der Waals surface area contributed by atoms with Crippen LogP contribution < -0.4 is 15.4 Å². The lowest BCUT2D eigenvalue weighted by atomic mass is 9.92. The Labute approximate surface area is 304 Å². The number of nitrogens with one attached hydrogen (secondary N) is 2. The normalized spacial score (nSPS) is 18.8. The zero-order chi connectivity index (χ0) is 37.5. The summed E-state index contributed by atoms with van der Waals surface area (Å²) in [7, 11) is 0. The van der Waals surface area contributed by atoms with Crippen LogP contribution in [-0.2, 0) is 21.4 Å².